The Labute approximate surface area is 78.3 Å². The highest BCUT2D eigenvalue weighted by molar-refractivity contribution is 5.99. The van der Waals surface area contributed by atoms with Crippen molar-refractivity contribution in [1.82, 2.24) is 0 Å². The van der Waals surface area contributed by atoms with Gasteiger partial charge in [-0.15, -0.1) is 0 Å². The molecule has 0 radical (unpaired) electrons. The van der Waals surface area contributed by atoms with Crippen molar-refractivity contribution in [3.8, 4) is 0 Å². The van der Waals surface area contributed by atoms with Gasteiger partial charge in [0.15, 0.2) is 0 Å². The van der Waals surface area contributed by atoms with E-state index in [2.05, 4.69) is 5.32 Å². The predicted molar refractivity (Wildman–Crippen MR) is 54.6 cm³/mol. The molecule has 13 heavy (non-hydrogen) atoms. The van der Waals surface area contributed by atoms with E-state index in [0.717, 1.165) is 11.3 Å². The van der Waals surface area contributed by atoms with E-state index in [9.17, 15) is 4.79 Å². The Morgan fingerprint density at radius 1 is 1.46 bits per heavy atom. The van der Waals surface area contributed by atoms with Crippen LogP contribution in [0.5, 0.6) is 0 Å². The smallest absolute Gasteiger partial charge is 0.248 e. The number of aryl methyl sites for hydroxylation is 1. The lowest BCUT2D eigenvalue weighted by Crippen LogP contribution is -2.07. The van der Waals surface area contributed by atoms with Crippen molar-refractivity contribution in [3.63, 3.8) is 0 Å². The van der Waals surface area contributed by atoms with Crippen LogP contribution in [-0.4, -0.2) is 5.91 Å². The molecule has 0 saturated heterocycles. The minimum absolute atomic E-state index is 0.0897. The number of hydrogen-bond donors (Lipinski definition) is 1. The van der Waals surface area contributed by atoms with Gasteiger partial charge in [0.1, 0.15) is 0 Å². The normalized spacial score (nSPS) is 10.3. The topological polar surface area (TPSA) is 29.1 Å². The van der Waals surface area contributed by atoms with Crippen molar-refractivity contribution >= 4 is 11.6 Å². The lowest BCUT2D eigenvalue weighted by atomic mass is 10.2. The fourth-order valence-electron chi connectivity index (χ4n) is 1.06. The number of anilines is 1. The number of rotatable bonds is 2. The molecule has 0 saturated carbocycles. The summed E-state index contributed by atoms with van der Waals surface area (Å²) in [6.45, 7) is 3.81. The molecule has 1 N–H and O–H groups in total. The first kappa shape index (κ1) is 9.52. The molecule has 1 amide bonds. The highest BCUT2D eigenvalue weighted by Gasteiger charge is 1.95. The molecule has 68 valence electrons. The molecule has 0 aliphatic carbocycles. The number of carbonyl (C=O) groups is 1. The molecule has 0 spiro atoms. The Kier molecular flexibility index (Phi) is 3.26. The average molecular weight is 175 g/mol. The van der Waals surface area contributed by atoms with Gasteiger partial charge in [-0.25, -0.2) is 0 Å². The van der Waals surface area contributed by atoms with Gasteiger partial charge < -0.3 is 5.32 Å². The van der Waals surface area contributed by atoms with Gasteiger partial charge in [-0.2, -0.15) is 0 Å². The van der Waals surface area contributed by atoms with Crippen LogP contribution in [0.4, 0.5) is 5.69 Å². The summed E-state index contributed by atoms with van der Waals surface area (Å²) >= 11 is 0. The Morgan fingerprint density at radius 3 is 2.85 bits per heavy atom. The van der Waals surface area contributed by atoms with E-state index in [0.29, 0.717) is 0 Å². The SMILES string of the molecule is C/C=C/C(=O)Nc1cccc(C)c1. The van der Waals surface area contributed by atoms with E-state index in [4.69, 9.17) is 0 Å². The molecular formula is C11H13NO. The largest absolute Gasteiger partial charge is 0.323 e. The maximum absolute atomic E-state index is 11.1. The van der Waals surface area contributed by atoms with Crippen molar-refractivity contribution in [2.75, 3.05) is 5.32 Å². The van der Waals surface area contributed by atoms with Gasteiger partial charge in [0.25, 0.3) is 0 Å². The standard InChI is InChI=1S/C11H13NO/c1-3-5-11(13)12-10-7-4-6-9(2)8-10/h3-8H,1-2H3,(H,12,13)/b5-3+. The van der Waals surface area contributed by atoms with E-state index in [1.54, 1.807) is 6.08 Å². The maximum Gasteiger partial charge on any atom is 0.248 e. The Morgan fingerprint density at radius 2 is 2.23 bits per heavy atom. The fourth-order valence-corrected chi connectivity index (χ4v) is 1.06. The number of nitrogens with one attached hydrogen (secondary N) is 1. The third-order valence-electron chi connectivity index (χ3n) is 1.60. The van der Waals surface area contributed by atoms with Gasteiger partial charge in [0.05, 0.1) is 0 Å². The second-order valence-corrected chi connectivity index (χ2v) is 2.86. The number of allylic oxidation sites excluding steroid dienone is 1. The predicted octanol–water partition coefficient (Wildman–Crippen LogP) is 2.51. The fraction of sp³-hybridized carbons (Fsp3) is 0.182. The molecule has 0 heterocycles. The minimum Gasteiger partial charge on any atom is -0.323 e. The van der Waals surface area contributed by atoms with E-state index in [-0.39, 0.29) is 5.91 Å². The van der Waals surface area contributed by atoms with Crippen molar-refractivity contribution < 1.29 is 4.79 Å². The summed E-state index contributed by atoms with van der Waals surface area (Å²) in [4.78, 5) is 11.1. The Balaban J connectivity index is 2.69. The van der Waals surface area contributed by atoms with Gasteiger partial charge in [-0.1, -0.05) is 18.2 Å². The van der Waals surface area contributed by atoms with Crippen LogP contribution in [0.15, 0.2) is 36.4 Å². The van der Waals surface area contributed by atoms with E-state index in [1.807, 2.05) is 38.1 Å². The quantitative estimate of drug-likeness (QED) is 0.687. The monoisotopic (exact) mass is 175 g/mol. The third kappa shape index (κ3) is 3.11. The lowest BCUT2D eigenvalue weighted by Gasteiger charge is -2.02. The summed E-state index contributed by atoms with van der Waals surface area (Å²) < 4.78 is 0. The zero-order valence-electron chi connectivity index (χ0n) is 7.87. The minimum atomic E-state index is -0.0897. The van der Waals surface area contributed by atoms with Crippen LogP contribution in [0.3, 0.4) is 0 Å². The molecule has 2 nitrogen and oxygen atoms in total. The molecule has 0 aliphatic rings. The lowest BCUT2D eigenvalue weighted by molar-refractivity contribution is -0.111. The summed E-state index contributed by atoms with van der Waals surface area (Å²) in [5.74, 6) is -0.0897. The molecular weight excluding hydrogens is 162 g/mol. The summed E-state index contributed by atoms with van der Waals surface area (Å²) in [7, 11) is 0. The van der Waals surface area contributed by atoms with Gasteiger partial charge in [-0.3, -0.25) is 4.79 Å². The maximum atomic E-state index is 11.1. The molecule has 1 aromatic rings. The first-order valence-corrected chi connectivity index (χ1v) is 4.22. The van der Waals surface area contributed by atoms with Crippen LogP contribution in [0.1, 0.15) is 12.5 Å². The molecule has 2 heteroatoms. The van der Waals surface area contributed by atoms with Crippen LogP contribution in [-0.2, 0) is 4.79 Å². The molecule has 0 atom stereocenters. The van der Waals surface area contributed by atoms with Gasteiger partial charge >= 0.3 is 0 Å². The molecule has 1 aromatic carbocycles. The number of carbonyl (C=O) groups excluding carboxylic acids is 1. The molecule has 0 bridgehead atoms. The van der Waals surface area contributed by atoms with Crippen LogP contribution in [0.25, 0.3) is 0 Å². The van der Waals surface area contributed by atoms with Crippen LogP contribution >= 0.6 is 0 Å². The van der Waals surface area contributed by atoms with E-state index >= 15 is 0 Å². The molecule has 0 fully saturated rings. The first-order chi connectivity index (χ1) is 6.22. The Hall–Kier alpha value is -1.57. The first-order valence-electron chi connectivity index (χ1n) is 4.22. The van der Waals surface area contributed by atoms with Gasteiger partial charge in [0, 0.05) is 5.69 Å². The molecule has 0 aromatic heterocycles. The summed E-state index contributed by atoms with van der Waals surface area (Å²) in [6, 6.07) is 7.71. The van der Waals surface area contributed by atoms with Gasteiger partial charge in [-0.05, 0) is 37.6 Å². The van der Waals surface area contributed by atoms with Crippen molar-refractivity contribution in [1.29, 1.82) is 0 Å². The van der Waals surface area contributed by atoms with Crippen molar-refractivity contribution in [2.45, 2.75) is 13.8 Å². The van der Waals surface area contributed by atoms with E-state index < -0.39 is 0 Å². The Bertz CT molecular complexity index is 329. The molecule has 0 unspecified atom stereocenters. The average Bonchev–Trinajstić information content (AvgIpc) is 2.04. The highest BCUT2D eigenvalue weighted by atomic mass is 16.1. The molecule has 0 aliphatic heterocycles. The van der Waals surface area contributed by atoms with Crippen LogP contribution < -0.4 is 5.32 Å². The third-order valence-corrected chi connectivity index (χ3v) is 1.60. The second kappa shape index (κ2) is 4.45. The number of amides is 1. The van der Waals surface area contributed by atoms with Gasteiger partial charge in [0.2, 0.25) is 5.91 Å². The number of hydrogen-bond acceptors (Lipinski definition) is 1. The van der Waals surface area contributed by atoms with Crippen LogP contribution in [0, 0.1) is 6.92 Å². The second-order valence-electron chi connectivity index (χ2n) is 2.86. The number of benzene rings is 1. The van der Waals surface area contributed by atoms with Crippen LogP contribution in [0.2, 0.25) is 0 Å². The summed E-state index contributed by atoms with van der Waals surface area (Å²) in [5, 5.41) is 2.76. The zero-order valence-corrected chi connectivity index (χ0v) is 7.87. The zero-order chi connectivity index (χ0) is 9.68. The van der Waals surface area contributed by atoms with Crippen molar-refractivity contribution in [2.24, 2.45) is 0 Å². The summed E-state index contributed by atoms with van der Waals surface area (Å²) in [5.41, 5.74) is 1.97. The molecule has 1 rings (SSSR count). The van der Waals surface area contributed by atoms with E-state index in [1.165, 1.54) is 6.08 Å². The highest BCUT2D eigenvalue weighted by Crippen LogP contribution is 2.09. The van der Waals surface area contributed by atoms with Crippen molar-refractivity contribution in [3.05, 3.63) is 42.0 Å². The summed E-state index contributed by atoms with van der Waals surface area (Å²) in [6.07, 6.45) is 3.22.